The molecule has 6 heteroatoms. The highest BCUT2D eigenvalue weighted by molar-refractivity contribution is 9.10. The van der Waals surface area contributed by atoms with Crippen molar-refractivity contribution < 1.29 is 9.53 Å². The Morgan fingerprint density at radius 2 is 2.25 bits per heavy atom. The number of hydrogen-bond acceptors (Lipinski definition) is 3. The van der Waals surface area contributed by atoms with Gasteiger partial charge in [0.25, 0.3) is 0 Å². The number of aromatic amines is 1. The number of carbonyl (C=O) groups excluding carboxylic acids is 1. The van der Waals surface area contributed by atoms with Crippen LogP contribution in [0.5, 0.6) is 5.88 Å². The molecule has 1 aromatic heterocycles. The van der Waals surface area contributed by atoms with Crippen LogP contribution in [0.2, 0.25) is 0 Å². The van der Waals surface area contributed by atoms with Crippen LogP contribution >= 0.6 is 15.9 Å². The van der Waals surface area contributed by atoms with Crippen molar-refractivity contribution in [1.82, 2.24) is 10.2 Å². The molecule has 1 heterocycles. The number of ether oxygens (including phenoxy) is 1. The molecule has 2 rings (SSSR count). The van der Waals surface area contributed by atoms with E-state index in [0.29, 0.717) is 5.69 Å². The van der Waals surface area contributed by atoms with E-state index < -0.39 is 6.09 Å². The average Bonchev–Trinajstić information content (AvgIpc) is 2.65. The van der Waals surface area contributed by atoms with E-state index in [1.54, 1.807) is 6.07 Å². The Morgan fingerprint density at radius 1 is 1.44 bits per heavy atom. The van der Waals surface area contributed by atoms with Crippen LogP contribution in [0.3, 0.4) is 0 Å². The fourth-order valence-corrected chi connectivity index (χ4v) is 1.66. The molecule has 0 aliphatic rings. The number of benzene rings is 1. The Bertz CT molecular complexity index is 524. The highest BCUT2D eigenvalue weighted by Crippen LogP contribution is 2.23. The second kappa shape index (κ2) is 4.36. The van der Waals surface area contributed by atoms with Gasteiger partial charge in [-0.3, -0.25) is 0 Å². The zero-order valence-electron chi connectivity index (χ0n) is 8.11. The lowest BCUT2D eigenvalue weighted by Crippen LogP contribution is -2.16. The fourth-order valence-electron chi connectivity index (χ4n) is 1.26. The summed E-state index contributed by atoms with van der Waals surface area (Å²) in [4.78, 5) is 10.5. The molecule has 0 saturated carbocycles. The van der Waals surface area contributed by atoms with E-state index in [4.69, 9.17) is 5.73 Å². The first kappa shape index (κ1) is 10.7. The zero-order chi connectivity index (χ0) is 11.5. The monoisotopic (exact) mass is 281 g/mol. The van der Waals surface area contributed by atoms with Gasteiger partial charge in [-0.2, -0.15) is 5.10 Å². The standard InChI is InChI=1S/C10H8BrN3O2/c11-7-3-1-2-6(4-7)8-5-9(14-13-8)16-10(12)15/h1-5H,(H2,12,15)(H,13,14). The first-order chi connectivity index (χ1) is 7.65. The summed E-state index contributed by atoms with van der Waals surface area (Å²) in [5.74, 6) is 0.225. The molecular weight excluding hydrogens is 274 g/mol. The predicted octanol–water partition coefficient (Wildman–Crippen LogP) is 2.30. The minimum atomic E-state index is -0.871. The second-order valence-electron chi connectivity index (χ2n) is 3.05. The molecule has 5 nitrogen and oxygen atoms in total. The number of rotatable bonds is 2. The van der Waals surface area contributed by atoms with Gasteiger partial charge in [0.05, 0.1) is 5.69 Å². The molecule has 16 heavy (non-hydrogen) atoms. The average molecular weight is 282 g/mol. The van der Waals surface area contributed by atoms with Gasteiger partial charge >= 0.3 is 6.09 Å². The molecule has 0 radical (unpaired) electrons. The van der Waals surface area contributed by atoms with Gasteiger partial charge in [0, 0.05) is 16.1 Å². The Kier molecular flexibility index (Phi) is 2.91. The van der Waals surface area contributed by atoms with Crippen molar-refractivity contribution in [2.24, 2.45) is 5.73 Å². The lowest BCUT2D eigenvalue weighted by atomic mass is 10.2. The lowest BCUT2D eigenvalue weighted by Gasteiger charge is -1.95. The molecule has 1 amide bonds. The van der Waals surface area contributed by atoms with E-state index in [1.165, 1.54) is 0 Å². The lowest BCUT2D eigenvalue weighted by molar-refractivity contribution is 0.209. The summed E-state index contributed by atoms with van der Waals surface area (Å²) in [6.07, 6.45) is -0.871. The van der Waals surface area contributed by atoms with Gasteiger partial charge in [0.2, 0.25) is 5.88 Å². The van der Waals surface area contributed by atoms with E-state index in [1.807, 2.05) is 24.3 Å². The third-order valence-corrected chi connectivity index (χ3v) is 2.38. The first-order valence-electron chi connectivity index (χ1n) is 4.44. The Balaban J connectivity index is 2.28. The predicted molar refractivity (Wildman–Crippen MR) is 61.9 cm³/mol. The van der Waals surface area contributed by atoms with Crippen molar-refractivity contribution in [3.8, 4) is 17.1 Å². The van der Waals surface area contributed by atoms with Crippen LogP contribution in [0.15, 0.2) is 34.8 Å². The van der Waals surface area contributed by atoms with Gasteiger partial charge in [0.1, 0.15) is 0 Å². The molecule has 3 N–H and O–H groups in total. The maximum Gasteiger partial charge on any atom is 0.411 e. The molecular formula is C10H8BrN3O2. The number of nitrogens with two attached hydrogens (primary N) is 1. The quantitative estimate of drug-likeness (QED) is 0.886. The maximum atomic E-state index is 10.5. The van der Waals surface area contributed by atoms with Crippen molar-refractivity contribution in [2.75, 3.05) is 0 Å². The third-order valence-electron chi connectivity index (χ3n) is 1.89. The Morgan fingerprint density at radius 3 is 2.94 bits per heavy atom. The summed E-state index contributed by atoms with van der Waals surface area (Å²) >= 11 is 3.36. The molecule has 0 aliphatic carbocycles. The molecule has 0 spiro atoms. The van der Waals surface area contributed by atoms with Crippen LogP contribution in [-0.2, 0) is 0 Å². The number of primary amides is 1. The number of H-pyrrole nitrogens is 1. The van der Waals surface area contributed by atoms with Crippen LogP contribution in [0, 0.1) is 0 Å². The number of nitrogens with zero attached hydrogens (tertiary/aromatic N) is 1. The van der Waals surface area contributed by atoms with Crippen LogP contribution in [0.25, 0.3) is 11.3 Å². The minimum absolute atomic E-state index is 0.225. The van der Waals surface area contributed by atoms with Crippen LogP contribution in [-0.4, -0.2) is 16.3 Å². The van der Waals surface area contributed by atoms with Gasteiger partial charge < -0.3 is 10.5 Å². The van der Waals surface area contributed by atoms with E-state index in [9.17, 15) is 4.79 Å². The summed E-state index contributed by atoms with van der Waals surface area (Å²) in [6, 6.07) is 9.21. The molecule has 0 unspecified atom stereocenters. The Labute approximate surface area is 99.7 Å². The minimum Gasteiger partial charge on any atom is -0.392 e. The van der Waals surface area contributed by atoms with Crippen molar-refractivity contribution in [2.45, 2.75) is 0 Å². The summed E-state index contributed by atoms with van der Waals surface area (Å²) in [7, 11) is 0. The molecule has 0 bridgehead atoms. The summed E-state index contributed by atoms with van der Waals surface area (Å²) in [5.41, 5.74) is 6.47. The van der Waals surface area contributed by atoms with Crippen LogP contribution < -0.4 is 10.5 Å². The highest BCUT2D eigenvalue weighted by Gasteiger charge is 2.06. The first-order valence-corrected chi connectivity index (χ1v) is 5.23. The van der Waals surface area contributed by atoms with Gasteiger partial charge in [-0.1, -0.05) is 28.1 Å². The summed E-state index contributed by atoms with van der Waals surface area (Å²) in [5, 5.41) is 6.57. The molecule has 0 saturated heterocycles. The van der Waals surface area contributed by atoms with E-state index in [-0.39, 0.29) is 5.88 Å². The second-order valence-corrected chi connectivity index (χ2v) is 3.96. The maximum absolute atomic E-state index is 10.5. The molecule has 2 aromatic rings. The van der Waals surface area contributed by atoms with Gasteiger partial charge in [0.15, 0.2) is 0 Å². The van der Waals surface area contributed by atoms with Crippen molar-refractivity contribution in [3.05, 3.63) is 34.8 Å². The van der Waals surface area contributed by atoms with Crippen LogP contribution in [0.1, 0.15) is 0 Å². The van der Waals surface area contributed by atoms with E-state index in [0.717, 1.165) is 10.0 Å². The molecule has 0 aliphatic heterocycles. The fraction of sp³-hybridized carbons (Fsp3) is 0. The SMILES string of the molecule is NC(=O)Oc1cc(-c2cccc(Br)c2)n[nH]1. The molecule has 82 valence electrons. The summed E-state index contributed by atoms with van der Waals surface area (Å²) < 4.78 is 5.61. The highest BCUT2D eigenvalue weighted by atomic mass is 79.9. The number of halogens is 1. The number of hydrogen-bond donors (Lipinski definition) is 2. The summed E-state index contributed by atoms with van der Waals surface area (Å²) in [6.45, 7) is 0. The van der Waals surface area contributed by atoms with Crippen molar-refractivity contribution >= 4 is 22.0 Å². The molecule has 0 fully saturated rings. The number of amides is 1. The largest absolute Gasteiger partial charge is 0.411 e. The van der Waals surface area contributed by atoms with Gasteiger partial charge in [-0.05, 0) is 12.1 Å². The van der Waals surface area contributed by atoms with Gasteiger partial charge in [-0.15, -0.1) is 0 Å². The van der Waals surface area contributed by atoms with Gasteiger partial charge in [-0.25, -0.2) is 9.89 Å². The normalized spacial score (nSPS) is 10.1. The van der Waals surface area contributed by atoms with E-state index >= 15 is 0 Å². The zero-order valence-corrected chi connectivity index (χ0v) is 9.69. The van der Waals surface area contributed by atoms with Crippen molar-refractivity contribution in [1.29, 1.82) is 0 Å². The molecule has 1 aromatic carbocycles. The number of aromatic nitrogens is 2. The smallest absolute Gasteiger partial charge is 0.392 e. The topological polar surface area (TPSA) is 81.0 Å². The Hall–Kier alpha value is -1.82. The number of nitrogens with one attached hydrogen (secondary N) is 1. The number of carbonyl (C=O) groups is 1. The van der Waals surface area contributed by atoms with Crippen molar-refractivity contribution in [3.63, 3.8) is 0 Å². The molecule has 0 atom stereocenters. The van der Waals surface area contributed by atoms with E-state index in [2.05, 4.69) is 30.9 Å². The van der Waals surface area contributed by atoms with Crippen LogP contribution in [0.4, 0.5) is 4.79 Å². The third kappa shape index (κ3) is 2.40.